The van der Waals surface area contributed by atoms with E-state index in [9.17, 15) is 9.59 Å². The highest BCUT2D eigenvalue weighted by Gasteiger charge is 2.23. The van der Waals surface area contributed by atoms with Gasteiger partial charge in [-0.2, -0.15) is 0 Å². The van der Waals surface area contributed by atoms with E-state index in [2.05, 4.69) is 21.2 Å². The summed E-state index contributed by atoms with van der Waals surface area (Å²) in [6, 6.07) is 14.7. The first-order chi connectivity index (χ1) is 11.5. The number of nitrogens with one attached hydrogen (secondary N) is 1. The van der Waals surface area contributed by atoms with Gasteiger partial charge >= 0.3 is 0 Å². The number of primary amides is 1. The maximum Gasteiger partial charge on any atom is 0.286 e. The molecule has 1 heterocycles. The van der Waals surface area contributed by atoms with Gasteiger partial charge in [0, 0.05) is 9.86 Å². The van der Waals surface area contributed by atoms with E-state index in [1.54, 1.807) is 25.1 Å². The largest absolute Gasteiger partial charge is 0.449 e. The van der Waals surface area contributed by atoms with Gasteiger partial charge in [0.25, 0.3) is 5.91 Å². The number of carbonyl (C=O) groups excluding carboxylic acids is 2. The Hall–Kier alpha value is -2.60. The lowest BCUT2D eigenvalue weighted by molar-refractivity contribution is -0.117. The number of anilines is 1. The standard InChI is InChI=1S/C18H15BrN2O3/c1-10(11-5-3-2-4-6-11)18(23)21-15-13-9-12(19)7-8-14(13)24-16(15)17(20)22/h2-10H,1H3,(H2,20,22)(H,21,23). The summed E-state index contributed by atoms with van der Waals surface area (Å²) in [5.74, 6) is -1.42. The van der Waals surface area contributed by atoms with Crippen molar-refractivity contribution in [2.45, 2.75) is 12.8 Å². The summed E-state index contributed by atoms with van der Waals surface area (Å²) in [6.07, 6.45) is 0. The smallest absolute Gasteiger partial charge is 0.286 e. The highest BCUT2D eigenvalue weighted by atomic mass is 79.9. The third kappa shape index (κ3) is 3.05. The highest BCUT2D eigenvalue weighted by Crippen LogP contribution is 2.33. The molecule has 3 rings (SSSR count). The molecule has 6 heteroatoms. The summed E-state index contributed by atoms with van der Waals surface area (Å²) in [6.45, 7) is 1.80. The first-order valence-electron chi connectivity index (χ1n) is 7.35. The Morgan fingerprint density at radius 1 is 1.17 bits per heavy atom. The van der Waals surface area contributed by atoms with Crippen molar-refractivity contribution in [1.29, 1.82) is 0 Å². The molecular weight excluding hydrogens is 372 g/mol. The van der Waals surface area contributed by atoms with Gasteiger partial charge in [0.05, 0.1) is 5.92 Å². The molecular formula is C18H15BrN2O3. The van der Waals surface area contributed by atoms with Crippen LogP contribution in [0.1, 0.15) is 29.0 Å². The summed E-state index contributed by atoms with van der Waals surface area (Å²) in [5.41, 5.74) is 7.04. The van der Waals surface area contributed by atoms with Gasteiger partial charge in [-0.3, -0.25) is 9.59 Å². The van der Waals surface area contributed by atoms with E-state index in [4.69, 9.17) is 10.2 Å². The second-order valence-electron chi connectivity index (χ2n) is 5.43. The van der Waals surface area contributed by atoms with Gasteiger partial charge < -0.3 is 15.5 Å². The average Bonchev–Trinajstić information content (AvgIpc) is 2.93. The third-order valence-corrected chi connectivity index (χ3v) is 4.31. The van der Waals surface area contributed by atoms with Gasteiger partial charge in [0.2, 0.25) is 11.7 Å². The van der Waals surface area contributed by atoms with Crippen LogP contribution in [0.15, 0.2) is 57.4 Å². The molecule has 1 unspecified atom stereocenters. The van der Waals surface area contributed by atoms with Crippen LogP contribution in [-0.2, 0) is 4.79 Å². The molecule has 3 N–H and O–H groups in total. The van der Waals surface area contributed by atoms with Crippen molar-refractivity contribution in [3.63, 3.8) is 0 Å². The van der Waals surface area contributed by atoms with Crippen LogP contribution in [0.3, 0.4) is 0 Å². The Morgan fingerprint density at radius 2 is 1.88 bits per heavy atom. The topological polar surface area (TPSA) is 85.3 Å². The number of benzene rings is 2. The van der Waals surface area contributed by atoms with E-state index in [1.165, 1.54) is 0 Å². The van der Waals surface area contributed by atoms with Gasteiger partial charge in [-0.1, -0.05) is 46.3 Å². The third-order valence-electron chi connectivity index (χ3n) is 3.81. The van der Waals surface area contributed by atoms with Crippen molar-refractivity contribution in [2.24, 2.45) is 5.73 Å². The first kappa shape index (κ1) is 16.3. The highest BCUT2D eigenvalue weighted by molar-refractivity contribution is 9.10. The van der Waals surface area contributed by atoms with E-state index < -0.39 is 5.91 Å². The number of hydrogen-bond donors (Lipinski definition) is 2. The van der Waals surface area contributed by atoms with E-state index in [1.807, 2.05) is 30.3 Å². The van der Waals surface area contributed by atoms with Crippen molar-refractivity contribution in [3.8, 4) is 0 Å². The quantitative estimate of drug-likeness (QED) is 0.709. The lowest BCUT2D eigenvalue weighted by Gasteiger charge is -2.12. The fourth-order valence-corrected chi connectivity index (χ4v) is 2.85. The number of halogens is 1. The normalized spacial score (nSPS) is 12.1. The number of rotatable bonds is 4. The molecule has 0 aliphatic rings. The maximum absolute atomic E-state index is 12.6. The van der Waals surface area contributed by atoms with E-state index in [-0.39, 0.29) is 17.6 Å². The van der Waals surface area contributed by atoms with Crippen LogP contribution < -0.4 is 11.1 Å². The van der Waals surface area contributed by atoms with Crippen LogP contribution in [0.4, 0.5) is 5.69 Å². The molecule has 1 aromatic heterocycles. The zero-order valence-electron chi connectivity index (χ0n) is 12.9. The summed E-state index contributed by atoms with van der Waals surface area (Å²) in [5, 5.41) is 3.40. The number of hydrogen-bond acceptors (Lipinski definition) is 3. The fraction of sp³-hybridized carbons (Fsp3) is 0.111. The van der Waals surface area contributed by atoms with Crippen LogP contribution in [0.2, 0.25) is 0 Å². The van der Waals surface area contributed by atoms with Crippen LogP contribution >= 0.6 is 15.9 Å². The van der Waals surface area contributed by atoms with Crippen LogP contribution in [0.25, 0.3) is 11.0 Å². The van der Waals surface area contributed by atoms with E-state index in [0.717, 1.165) is 10.0 Å². The monoisotopic (exact) mass is 386 g/mol. The zero-order valence-corrected chi connectivity index (χ0v) is 14.5. The molecule has 0 aliphatic heterocycles. The van der Waals surface area contributed by atoms with Crippen molar-refractivity contribution >= 4 is 44.4 Å². The second-order valence-corrected chi connectivity index (χ2v) is 6.35. The summed E-state index contributed by atoms with van der Waals surface area (Å²) >= 11 is 3.37. The van der Waals surface area contributed by atoms with Gasteiger partial charge in [-0.05, 0) is 30.7 Å². The van der Waals surface area contributed by atoms with E-state index >= 15 is 0 Å². The van der Waals surface area contributed by atoms with Crippen LogP contribution in [-0.4, -0.2) is 11.8 Å². The molecule has 0 bridgehead atoms. The fourth-order valence-electron chi connectivity index (χ4n) is 2.49. The Kier molecular flexibility index (Phi) is 4.40. The SMILES string of the molecule is CC(C(=O)Nc1c(C(N)=O)oc2ccc(Br)cc12)c1ccccc1. The average molecular weight is 387 g/mol. The minimum atomic E-state index is -0.731. The molecule has 0 saturated heterocycles. The van der Waals surface area contributed by atoms with Crippen molar-refractivity contribution in [1.82, 2.24) is 0 Å². The van der Waals surface area contributed by atoms with Gasteiger partial charge in [-0.15, -0.1) is 0 Å². The van der Waals surface area contributed by atoms with Crippen molar-refractivity contribution in [3.05, 3.63) is 64.3 Å². The van der Waals surface area contributed by atoms with Crippen LogP contribution in [0.5, 0.6) is 0 Å². The minimum Gasteiger partial charge on any atom is -0.449 e. The molecule has 122 valence electrons. The minimum absolute atomic E-state index is 0.0586. The Morgan fingerprint density at radius 3 is 2.54 bits per heavy atom. The zero-order chi connectivity index (χ0) is 17.3. The molecule has 0 radical (unpaired) electrons. The Balaban J connectivity index is 1.99. The number of nitrogens with two attached hydrogens (primary N) is 1. The molecule has 2 amide bonds. The molecule has 24 heavy (non-hydrogen) atoms. The summed E-state index contributed by atoms with van der Waals surface area (Å²) in [7, 11) is 0. The van der Waals surface area contributed by atoms with Gasteiger partial charge in [0.15, 0.2) is 0 Å². The molecule has 1 atom stereocenters. The Labute approximate surface area is 147 Å². The molecule has 0 saturated carbocycles. The molecule has 5 nitrogen and oxygen atoms in total. The van der Waals surface area contributed by atoms with Gasteiger partial charge in [-0.25, -0.2) is 0 Å². The van der Waals surface area contributed by atoms with Crippen molar-refractivity contribution in [2.75, 3.05) is 5.32 Å². The summed E-state index contributed by atoms with van der Waals surface area (Å²) < 4.78 is 6.30. The lowest BCUT2D eigenvalue weighted by atomic mass is 10.0. The van der Waals surface area contributed by atoms with Crippen LogP contribution in [0, 0.1) is 0 Å². The van der Waals surface area contributed by atoms with Crippen molar-refractivity contribution < 1.29 is 14.0 Å². The predicted molar refractivity (Wildman–Crippen MR) is 95.9 cm³/mol. The van der Waals surface area contributed by atoms with Gasteiger partial charge in [0.1, 0.15) is 11.3 Å². The number of amides is 2. The molecule has 2 aromatic carbocycles. The maximum atomic E-state index is 12.6. The predicted octanol–water partition coefficient (Wildman–Crippen LogP) is 4.04. The molecule has 0 spiro atoms. The molecule has 3 aromatic rings. The number of fused-ring (bicyclic) bond motifs is 1. The molecule has 0 fully saturated rings. The summed E-state index contributed by atoms with van der Waals surface area (Å²) in [4.78, 5) is 24.3. The lowest BCUT2D eigenvalue weighted by Crippen LogP contribution is -2.21. The second kappa shape index (κ2) is 6.49. The first-order valence-corrected chi connectivity index (χ1v) is 8.14. The number of carbonyl (C=O) groups is 2. The Bertz CT molecular complexity index is 919. The van der Waals surface area contributed by atoms with E-state index in [0.29, 0.717) is 16.7 Å². The number of furan rings is 1. The molecule has 0 aliphatic carbocycles.